The van der Waals surface area contributed by atoms with E-state index < -0.39 is 0 Å². The lowest BCUT2D eigenvalue weighted by Gasteiger charge is -2.10. The second-order valence-corrected chi connectivity index (χ2v) is 4.22. The van der Waals surface area contributed by atoms with Crippen LogP contribution in [0.5, 0.6) is 0 Å². The number of fused-ring (bicyclic) bond motifs is 1. The van der Waals surface area contributed by atoms with Gasteiger partial charge in [0.2, 0.25) is 0 Å². The van der Waals surface area contributed by atoms with Gasteiger partial charge < -0.3 is 4.98 Å². The van der Waals surface area contributed by atoms with E-state index in [9.17, 15) is 4.79 Å². The van der Waals surface area contributed by atoms with Crippen LogP contribution in [-0.2, 0) is 0 Å². The lowest BCUT2D eigenvalue weighted by Crippen LogP contribution is -2.08. The molecule has 0 saturated heterocycles. The Kier molecular flexibility index (Phi) is 7.81. The molecule has 19 heavy (non-hydrogen) atoms. The maximum atomic E-state index is 11.8. The zero-order valence-electron chi connectivity index (χ0n) is 13.3. The minimum atomic E-state index is 0.0138. The number of nitrogens with one attached hydrogen (secondary N) is 1. The van der Waals surface area contributed by atoms with Gasteiger partial charge in [0.15, 0.2) is 0 Å². The van der Waals surface area contributed by atoms with Crippen LogP contribution in [0.25, 0.3) is 10.8 Å². The molecule has 0 aliphatic heterocycles. The van der Waals surface area contributed by atoms with Gasteiger partial charge in [0.1, 0.15) is 0 Å². The number of aromatic nitrogens is 1. The van der Waals surface area contributed by atoms with Gasteiger partial charge in [-0.1, -0.05) is 53.7 Å². The molecule has 2 rings (SSSR count). The third-order valence-corrected chi connectivity index (χ3v) is 2.81. The molecule has 0 aliphatic carbocycles. The highest BCUT2D eigenvalue weighted by Crippen LogP contribution is 2.24. The molecule has 0 amide bonds. The van der Waals surface area contributed by atoms with E-state index in [-0.39, 0.29) is 5.56 Å². The van der Waals surface area contributed by atoms with Crippen molar-refractivity contribution in [2.45, 2.75) is 54.4 Å². The molecule has 0 fully saturated rings. The highest BCUT2D eigenvalue weighted by molar-refractivity contribution is 5.87. The zero-order valence-corrected chi connectivity index (χ0v) is 13.3. The number of rotatable bonds is 1. The largest absolute Gasteiger partial charge is 0.329 e. The molecule has 0 saturated carbocycles. The fraction of sp³-hybridized carbons (Fsp3) is 0.471. The van der Waals surface area contributed by atoms with Gasteiger partial charge in [-0.15, -0.1) is 0 Å². The summed E-state index contributed by atoms with van der Waals surface area (Å²) in [6.07, 6.45) is 1.71. The summed E-state index contributed by atoms with van der Waals surface area (Å²) in [6, 6.07) is 6.10. The molecule has 2 heteroatoms. The van der Waals surface area contributed by atoms with E-state index in [2.05, 4.69) is 31.0 Å². The number of aryl methyl sites for hydroxylation is 1. The Bertz CT molecular complexity index is 553. The molecule has 106 valence electrons. The summed E-state index contributed by atoms with van der Waals surface area (Å²) in [5.41, 5.74) is 2.29. The van der Waals surface area contributed by atoms with E-state index in [4.69, 9.17) is 0 Å². The maximum Gasteiger partial charge on any atom is 0.256 e. The fourth-order valence-corrected chi connectivity index (χ4v) is 1.96. The summed E-state index contributed by atoms with van der Waals surface area (Å²) in [4.78, 5) is 14.5. The summed E-state index contributed by atoms with van der Waals surface area (Å²) < 4.78 is 0. The summed E-state index contributed by atoms with van der Waals surface area (Å²) in [5.74, 6) is 0.372. The van der Waals surface area contributed by atoms with Gasteiger partial charge >= 0.3 is 0 Å². The summed E-state index contributed by atoms with van der Waals surface area (Å²) in [5, 5.41) is 1.90. The average molecular weight is 261 g/mol. The monoisotopic (exact) mass is 261 g/mol. The molecule has 1 N–H and O–H groups in total. The maximum absolute atomic E-state index is 11.8. The number of pyridine rings is 1. The van der Waals surface area contributed by atoms with Gasteiger partial charge in [0, 0.05) is 6.20 Å². The second kappa shape index (κ2) is 8.52. The second-order valence-electron chi connectivity index (χ2n) is 4.22. The van der Waals surface area contributed by atoms with Gasteiger partial charge in [-0.3, -0.25) is 4.79 Å². The molecule has 2 nitrogen and oxygen atoms in total. The van der Waals surface area contributed by atoms with Crippen LogP contribution in [0.3, 0.4) is 0 Å². The van der Waals surface area contributed by atoms with Crippen LogP contribution >= 0.6 is 0 Å². The first-order valence-corrected chi connectivity index (χ1v) is 7.22. The van der Waals surface area contributed by atoms with Crippen molar-refractivity contribution >= 4 is 10.8 Å². The normalized spacial score (nSPS) is 9.47. The number of H-pyrrole nitrogens is 1. The lowest BCUT2D eigenvalue weighted by molar-refractivity contribution is 0.874. The molecule has 0 aliphatic rings. The molecule has 1 aromatic heterocycles. The van der Waals surface area contributed by atoms with Crippen molar-refractivity contribution in [3.63, 3.8) is 0 Å². The van der Waals surface area contributed by atoms with Crippen molar-refractivity contribution < 1.29 is 0 Å². The summed E-state index contributed by atoms with van der Waals surface area (Å²) >= 11 is 0. The van der Waals surface area contributed by atoms with Gasteiger partial charge in [-0.2, -0.15) is 0 Å². The van der Waals surface area contributed by atoms with Crippen molar-refractivity contribution in [2.75, 3.05) is 0 Å². The molecule has 2 aromatic rings. The first-order chi connectivity index (χ1) is 9.11. The Hall–Kier alpha value is -1.57. The Balaban J connectivity index is 0.000000741. The van der Waals surface area contributed by atoms with Crippen LogP contribution in [0.1, 0.15) is 58.6 Å². The molecule has 0 unspecified atom stereocenters. The van der Waals surface area contributed by atoms with Crippen LogP contribution in [0.4, 0.5) is 0 Å². The minimum absolute atomic E-state index is 0.0138. The van der Waals surface area contributed by atoms with Crippen LogP contribution in [0, 0.1) is 6.92 Å². The van der Waals surface area contributed by atoms with E-state index in [1.54, 1.807) is 6.20 Å². The third kappa shape index (κ3) is 3.95. The highest BCUT2D eigenvalue weighted by Gasteiger charge is 2.09. The number of hydrogen-bond donors (Lipinski definition) is 1. The van der Waals surface area contributed by atoms with Crippen molar-refractivity contribution in [3.8, 4) is 0 Å². The van der Waals surface area contributed by atoms with Crippen molar-refractivity contribution in [2.24, 2.45) is 0 Å². The molecule has 0 spiro atoms. The van der Waals surface area contributed by atoms with Crippen LogP contribution in [-0.4, -0.2) is 4.98 Å². The van der Waals surface area contributed by atoms with Crippen LogP contribution in [0.2, 0.25) is 0 Å². The lowest BCUT2D eigenvalue weighted by atomic mass is 9.95. The molecule has 0 bridgehead atoms. The third-order valence-electron chi connectivity index (χ3n) is 2.81. The Morgan fingerprint density at radius 3 is 2.11 bits per heavy atom. The molecular weight excluding hydrogens is 234 g/mol. The Morgan fingerprint density at radius 2 is 1.58 bits per heavy atom. The van der Waals surface area contributed by atoms with Crippen LogP contribution < -0.4 is 5.56 Å². The minimum Gasteiger partial charge on any atom is -0.329 e. The quantitative estimate of drug-likeness (QED) is 0.768. The number of hydrogen-bond acceptors (Lipinski definition) is 1. The predicted octanol–water partition coefficient (Wildman–Crippen LogP) is 5.01. The Labute approximate surface area is 116 Å². The fourth-order valence-electron chi connectivity index (χ4n) is 1.96. The van der Waals surface area contributed by atoms with Gasteiger partial charge in [-0.25, -0.2) is 0 Å². The SMILES string of the molecule is CC.CC.Cc1ccc(C(C)C)c2c(=O)[nH]ccc12. The summed E-state index contributed by atoms with van der Waals surface area (Å²) in [7, 11) is 0. The molecule has 0 atom stereocenters. The van der Waals surface area contributed by atoms with Crippen molar-refractivity contribution in [3.05, 3.63) is 45.9 Å². The standard InChI is InChI=1S/C13H15NO.2C2H6/c1-8(2)10-5-4-9(3)11-6-7-14-13(15)12(10)11;2*1-2/h4-8H,1-3H3,(H,14,15);2*1-2H3. The van der Waals surface area contributed by atoms with E-state index in [1.807, 2.05) is 40.7 Å². The van der Waals surface area contributed by atoms with Gasteiger partial charge in [0.25, 0.3) is 5.56 Å². The molecule has 1 aromatic carbocycles. The van der Waals surface area contributed by atoms with E-state index in [0.29, 0.717) is 5.92 Å². The molecular formula is C17H27NO. The first kappa shape index (κ1) is 17.4. The van der Waals surface area contributed by atoms with Crippen LogP contribution in [0.15, 0.2) is 29.2 Å². The molecule has 0 radical (unpaired) electrons. The highest BCUT2D eigenvalue weighted by atomic mass is 16.1. The predicted molar refractivity (Wildman–Crippen MR) is 86.1 cm³/mol. The Morgan fingerprint density at radius 1 is 1.00 bits per heavy atom. The zero-order chi connectivity index (χ0) is 15.0. The molecule has 1 heterocycles. The van der Waals surface area contributed by atoms with Crippen molar-refractivity contribution in [1.82, 2.24) is 4.98 Å². The average Bonchev–Trinajstić information content (AvgIpc) is 2.44. The van der Waals surface area contributed by atoms with Gasteiger partial charge in [-0.05, 0) is 35.4 Å². The summed E-state index contributed by atoms with van der Waals surface area (Å²) in [6.45, 7) is 14.2. The first-order valence-electron chi connectivity index (χ1n) is 7.22. The van der Waals surface area contributed by atoms with Crippen molar-refractivity contribution in [1.29, 1.82) is 0 Å². The number of aromatic amines is 1. The van der Waals surface area contributed by atoms with E-state index in [1.165, 1.54) is 0 Å². The topological polar surface area (TPSA) is 32.9 Å². The smallest absolute Gasteiger partial charge is 0.256 e. The van der Waals surface area contributed by atoms with E-state index >= 15 is 0 Å². The van der Waals surface area contributed by atoms with E-state index in [0.717, 1.165) is 21.9 Å². The number of benzene rings is 1. The van der Waals surface area contributed by atoms with Gasteiger partial charge in [0.05, 0.1) is 5.39 Å².